The van der Waals surface area contributed by atoms with Crippen LogP contribution in [0.3, 0.4) is 0 Å². The topological polar surface area (TPSA) is 85.7 Å². The lowest BCUT2D eigenvalue weighted by atomic mass is 9.95. The van der Waals surface area contributed by atoms with Crippen LogP contribution in [0.25, 0.3) is 0 Å². The predicted octanol–water partition coefficient (Wildman–Crippen LogP) is 5.63. The van der Waals surface area contributed by atoms with Crippen LogP contribution in [-0.2, 0) is 41.7 Å². The van der Waals surface area contributed by atoms with E-state index in [0.29, 0.717) is 41.2 Å². The van der Waals surface area contributed by atoms with Crippen molar-refractivity contribution in [2.24, 2.45) is 0 Å². The van der Waals surface area contributed by atoms with Crippen molar-refractivity contribution < 1.29 is 32.2 Å². The van der Waals surface area contributed by atoms with Crippen molar-refractivity contribution in [1.29, 1.82) is 0 Å². The highest BCUT2D eigenvalue weighted by Crippen LogP contribution is 2.36. The number of methoxy groups -OCH3 is 2. The molecule has 1 heterocycles. The van der Waals surface area contributed by atoms with Crippen LogP contribution in [0.2, 0.25) is 0 Å². The van der Waals surface area contributed by atoms with E-state index in [2.05, 4.69) is 10.4 Å². The summed E-state index contributed by atoms with van der Waals surface area (Å²) in [5, 5.41) is 7.04. The molecule has 1 unspecified atom stereocenters. The van der Waals surface area contributed by atoms with E-state index >= 15 is 0 Å². The number of amides is 2. The van der Waals surface area contributed by atoms with Gasteiger partial charge in [-0.1, -0.05) is 37.1 Å². The fraction of sp³-hybridized carbons (Fsp3) is 0.469. The molecule has 43 heavy (non-hydrogen) atoms. The quantitative estimate of drug-likeness (QED) is 0.327. The van der Waals surface area contributed by atoms with Gasteiger partial charge in [-0.2, -0.15) is 18.3 Å². The maximum Gasteiger partial charge on any atom is 0.435 e. The number of ether oxygens (including phenoxy) is 2. The maximum atomic E-state index is 14.2. The molecule has 8 nitrogen and oxygen atoms in total. The van der Waals surface area contributed by atoms with Gasteiger partial charge in [0.25, 0.3) is 0 Å². The maximum absolute atomic E-state index is 14.2. The third kappa shape index (κ3) is 6.97. The van der Waals surface area contributed by atoms with Crippen LogP contribution in [0.4, 0.5) is 13.2 Å². The highest BCUT2D eigenvalue weighted by atomic mass is 19.4. The standard InChI is InChI=1S/C32H37F3N4O4/c1-42-24-16-14-22(15-17-24)29(31(41)36-23-9-3-4-10-23)38(19-21-8-7-11-25(18-21)43-2)28(40)20-39-27-13-6-5-12-26(27)30(37-39)32(33,34)35/h7-8,11,14-18,23,29H,3-6,9-10,12-13,19-20H2,1-2H3,(H,36,41). The molecule has 1 fully saturated rings. The van der Waals surface area contributed by atoms with Crippen molar-refractivity contribution in [2.75, 3.05) is 14.2 Å². The highest BCUT2D eigenvalue weighted by molar-refractivity contribution is 5.89. The van der Waals surface area contributed by atoms with Gasteiger partial charge < -0.3 is 19.7 Å². The SMILES string of the molecule is COc1ccc(C(C(=O)NC2CCCC2)N(Cc2cccc(OC)c2)C(=O)Cn2nc(C(F)(F)F)c3c2CCCC3)cc1. The molecule has 2 amide bonds. The number of hydrogen-bond acceptors (Lipinski definition) is 5. The molecule has 0 bridgehead atoms. The Bertz CT molecular complexity index is 1430. The second-order valence-electron chi connectivity index (χ2n) is 11.2. The average molecular weight is 599 g/mol. The van der Waals surface area contributed by atoms with Crippen molar-refractivity contribution in [3.05, 3.63) is 76.6 Å². The molecule has 0 aliphatic heterocycles. The monoisotopic (exact) mass is 598 g/mol. The van der Waals surface area contributed by atoms with Crippen LogP contribution in [0.5, 0.6) is 11.5 Å². The lowest BCUT2D eigenvalue weighted by Crippen LogP contribution is -2.46. The van der Waals surface area contributed by atoms with Gasteiger partial charge in [-0.05, 0) is 73.9 Å². The molecule has 2 aliphatic rings. The fourth-order valence-electron chi connectivity index (χ4n) is 6.15. The molecule has 0 radical (unpaired) electrons. The van der Waals surface area contributed by atoms with Crippen LogP contribution in [-0.4, -0.2) is 46.8 Å². The minimum atomic E-state index is -4.62. The number of rotatable bonds is 10. The molecule has 1 saturated carbocycles. The van der Waals surface area contributed by atoms with Crippen LogP contribution >= 0.6 is 0 Å². The zero-order valence-electron chi connectivity index (χ0n) is 24.5. The minimum Gasteiger partial charge on any atom is -0.497 e. The molecule has 0 saturated heterocycles. The Hall–Kier alpha value is -4.02. The van der Waals surface area contributed by atoms with Gasteiger partial charge in [0.05, 0.1) is 14.2 Å². The number of benzene rings is 2. The minimum absolute atomic E-state index is 0.00509. The van der Waals surface area contributed by atoms with Gasteiger partial charge in [0.1, 0.15) is 24.1 Å². The Labute approximate surface area is 249 Å². The van der Waals surface area contributed by atoms with Gasteiger partial charge in [0.2, 0.25) is 11.8 Å². The number of carbonyl (C=O) groups is 2. The van der Waals surface area contributed by atoms with Gasteiger partial charge in [-0.25, -0.2) is 0 Å². The van der Waals surface area contributed by atoms with Gasteiger partial charge in [-0.15, -0.1) is 0 Å². The summed E-state index contributed by atoms with van der Waals surface area (Å²) in [6, 6.07) is 13.0. The van der Waals surface area contributed by atoms with Gasteiger partial charge >= 0.3 is 6.18 Å². The van der Waals surface area contributed by atoms with Crippen LogP contribution in [0.1, 0.15) is 72.6 Å². The zero-order valence-corrected chi connectivity index (χ0v) is 24.5. The molecule has 0 spiro atoms. The van der Waals surface area contributed by atoms with Crippen molar-refractivity contribution in [3.63, 3.8) is 0 Å². The Kier molecular flexibility index (Phi) is 9.27. The number of nitrogens with one attached hydrogen (secondary N) is 1. The Morgan fingerprint density at radius 2 is 1.70 bits per heavy atom. The molecule has 1 N–H and O–H groups in total. The van der Waals surface area contributed by atoms with E-state index in [1.54, 1.807) is 42.5 Å². The van der Waals surface area contributed by atoms with Crippen LogP contribution in [0, 0.1) is 0 Å². The summed E-state index contributed by atoms with van der Waals surface area (Å²) < 4.78 is 53.6. The van der Waals surface area contributed by atoms with E-state index in [1.165, 1.54) is 23.8 Å². The summed E-state index contributed by atoms with van der Waals surface area (Å²) in [7, 11) is 3.08. The third-order valence-corrected chi connectivity index (χ3v) is 8.31. The number of aromatic nitrogens is 2. The average Bonchev–Trinajstić information content (AvgIpc) is 3.65. The third-order valence-electron chi connectivity index (χ3n) is 8.31. The molecule has 1 atom stereocenters. The molecule has 3 aromatic rings. The number of alkyl halides is 3. The van der Waals surface area contributed by atoms with E-state index in [-0.39, 0.29) is 30.5 Å². The number of carbonyl (C=O) groups excluding carboxylic acids is 2. The summed E-state index contributed by atoms with van der Waals surface area (Å²) in [6.07, 6.45) is 1.13. The number of fused-ring (bicyclic) bond motifs is 1. The van der Waals surface area contributed by atoms with E-state index < -0.39 is 30.4 Å². The van der Waals surface area contributed by atoms with Gasteiger partial charge in [-0.3, -0.25) is 14.3 Å². The highest BCUT2D eigenvalue weighted by Gasteiger charge is 2.40. The molecular weight excluding hydrogens is 561 g/mol. The smallest absolute Gasteiger partial charge is 0.435 e. The van der Waals surface area contributed by atoms with Crippen molar-refractivity contribution >= 4 is 11.8 Å². The predicted molar refractivity (Wildman–Crippen MR) is 154 cm³/mol. The largest absolute Gasteiger partial charge is 0.497 e. The lowest BCUT2D eigenvalue weighted by molar-refractivity contribution is -0.144. The first-order chi connectivity index (χ1) is 20.7. The summed E-state index contributed by atoms with van der Waals surface area (Å²) in [5.74, 6) is 0.311. The molecule has 11 heteroatoms. The second kappa shape index (κ2) is 13.1. The Morgan fingerprint density at radius 1 is 1.00 bits per heavy atom. The summed E-state index contributed by atoms with van der Waals surface area (Å²) in [5.41, 5.74) is 0.936. The summed E-state index contributed by atoms with van der Waals surface area (Å²) in [4.78, 5) is 29.7. The van der Waals surface area contributed by atoms with Crippen molar-refractivity contribution in [3.8, 4) is 11.5 Å². The fourth-order valence-corrected chi connectivity index (χ4v) is 6.15. The number of nitrogens with zero attached hydrogens (tertiary/aromatic N) is 3. The van der Waals surface area contributed by atoms with E-state index in [9.17, 15) is 22.8 Å². The van der Waals surface area contributed by atoms with Crippen molar-refractivity contribution in [2.45, 2.75) is 82.7 Å². The van der Waals surface area contributed by atoms with E-state index in [4.69, 9.17) is 9.47 Å². The van der Waals surface area contributed by atoms with E-state index in [1.807, 2.05) is 6.07 Å². The van der Waals surface area contributed by atoms with Gasteiger partial charge in [0, 0.05) is 23.8 Å². The molecular formula is C32H37F3N4O4. The van der Waals surface area contributed by atoms with E-state index in [0.717, 1.165) is 32.1 Å². The second-order valence-corrected chi connectivity index (χ2v) is 11.2. The molecule has 2 aromatic carbocycles. The molecule has 1 aromatic heterocycles. The number of hydrogen-bond donors (Lipinski definition) is 1. The first kappa shape index (κ1) is 30.4. The summed E-state index contributed by atoms with van der Waals surface area (Å²) >= 11 is 0. The first-order valence-corrected chi connectivity index (χ1v) is 14.7. The zero-order chi connectivity index (χ0) is 30.6. The van der Waals surface area contributed by atoms with Crippen LogP contribution < -0.4 is 14.8 Å². The van der Waals surface area contributed by atoms with Gasteiger partial charge in [0.15, 0.2) is 5.69 Å². The lowest BCUT2D eigenvalue weighted by Gasteiger charge is -2.33. The van der Waals surface area contributed by atoms with Crippen LogP contribution in [0.15, 0.2) is 48.5 Å². The Balaban J connectivity index is 1.55. The normalized spacial score (nSPS) is 15.9. The number of halogens is 3. The molecule has 2 aliphatic carbocycles. The summed E-state index contributed by atoms with van der Waals surface area (Å²) in [6.45, 7) is -0.397. The Morgan fingerprint density at radius 3 is 2.37 bits per heavy atom. The van der Waals surface area contributed by atoms with Crippen molar-refractivity contribution in [1.82, 2.24) is 20.0 Å². The first-order valence-electron chi connectivity index (χ1n) is 14.7. The molecule has 230 valence electrons. The molecule has 5 rings (SSSR count).